The molecule has 0 fully saturated rings. The Morgan fingerprint density at radius 3 is 2.59 bits per heavy atom. The third-order valence-electron chi connectivity index (χ3n) is 5.38. The zero-order valence-corrected chi connectivity index (χ0v) is 18.4. The van der Waals surface area contributed by atoms with E-state index in [1.54, 1.807) is 30.3 Å². The lowest BCUT2D eigenvalue weighted by Crippen LogP contribution is -2.15. The molecule has 0 spiro atoms. The van der Waals surface area contributed by atoms with E-state index in [-0.39, 0.29) is 17.6 Å². The molecule has 164 valence electrons. The van der Waals surface area contributed by atoms with Crippen molar-refractivity contribution in [2.75, 3.05) is 10.6 Å². The molecule has 0 radical (unpaired) electrons. The Bertz CT molecular complexity index is 1250. The fourth-order valence-corrected chi connectivity index (χ4v) is 3.61. The van der Waals surface area contributed by atoms with Gasteiger partial charge in [-0.2, -0.15) is 5.10 Å². The summed E-state index contributed by atoms with van der Waals surface area (Å²) in [7, 11) is 0. The number of furan rings is 1. The number of nitrogens with zero attached hydrogens (tertiary/aromatic N) is 2. The number of fused-ring (bicyclic) bond motifs is 1. The monoisotopic (exact) mass is 430 g/mol. The summed E-state index contributed by atoms with van der Waals surface area (Å²) in [6.45, 7) is 6.79. The normalized spacial score (nSPS) is 11.0. The van der Waals surface area contributed by atoms with Crippen molar-refractivity contribution in [1.29, 1.82) is 0 Å². The first-order chi connectivity index (χ1) is 15.5. The van der Waals surface area contributed by atoms with Gasteiger partial charge in [0.15, 0.2) is 5.76 Å². The van der Waals surface area contributed by atoms with Crippen LogP contribution in [0.5, 0.6) is 0 Å². The largest absolute Gasteiger partial charge is 0.451 e. The number of benzene rings is 2. The van der Waals surface area contributed by atoms with Crippen molar-refractivity contribution in [2.24, 2.45) is 0 Å². The Hall–Kier alpha value is -3.87. The number of nitrogens with one attached hydrogen (secondary N) is 2. The first-order valence-electron chi connectivity index (χ1n) is 10.7. The Morgan fingerprint density at radius 1 is 1.00 bits per heavy atom. The highest BCUT2D eigenvalue weighted by Gasteiger charge is 2.17. The van der Waals surface area contributed by atoms with E-state index < -0.39 is 0 Å². The molecular formula is C25H26N4O3. The molecule has 0 saturated heterocycles. The topological polar surface area (TPSA) is 89.2 Å². The summed E-state index contributed by atoms with van der Waals surface area (Å²) in [5, 5.41) is 11.2. The van der Waals surface area contributed by atoms with E-state index in [1.165, 1.54) is 0 Å². The zero-order chi connectivity index (χ0) is 22.7. The highest BCUT2D eigenvalue weighted by molar-refractivity contribution is 6.07. The number of rotatable bonds is 7. The average Bonchev–Trinajstić information content (AvgIpc) is 3.34. The van der Waals surface area contributed by atoms with Crippen LogP contribution in [-0.4, -0.2) is 21.6 Å². The van der Waals surface area contributed by atoms with Crippen LogP contribution in [0.25, 0.3) is 11.0 Å². The second kappa shape index (κ2) is 9.09. The number of para-hydroxylation sites is 1. The molecule has 0 bridgehead atoms. The van der Waals surface area contributed by atoms with E-state index in [0.717, 1.165) is 41.8 Å². The van der Waals surface area contributed by atoms with Gasteiger partial charge >= 0.3 is 0 Å². The van der Waals surface area contributed by atoms with Crippen molar-refractivity contribution in [3.63, 3.8) is 0 Å². The number of amides is 2. The molecule has 0 aliphatic heterocycles. The van der Waals surface area contributed by atoms with Gasteiger partial charge in [0, 0.05) is 23.2 Å². The summed E-state index contributed by atoms with van der Waals surface area (Å²) in [5.74, 6) is -0.416. The fourth-order valence-electron chi connectivity index (χ4n) is 3.61. The van der Waals surface area contributed by atoms with Crippen molar-refractivity contribution in [3.8, 4) is 0 Å². The fraction of sp³-hybridized carbons (Fsp3) is 0.240. The number of unbranched alkanes of at least 4 members (excludes halogenated alkanes) is 1. The van der Waals surface area contributed by atoms with Crippen LogP contribution in [0.4, 0.5) is 11.4 Å². The molecule has 2 amide bonds. The van der Waals surface area contributed by atoms with Crippen molar-refractivity contribution >= 4 is 34.2 Å². The Labute approximate surface area is 186 Å². The van der Waals surface area contributed by atoms with Crippen LogP contribution in [0.1, 0.15) is 52.1 Å². The van der Waals surface area contributed by atoms with Crippen LogP contribution in [0, 0.1) is 13.8 Å². The molecule has 2 aromatic carbocycles. The molecule has 7 nitrogen and oxygen atoms in total. The molecule has 2 heterocycles. The van der Waals surface area contributed by atoms with Gasteiger partial charge in [-0.15, -0.1) is 0 Å². The standard InChI is InChI=1S/C25H26N4O3/c1-4-5-13-29-17(3)23(16(2)28-29)27-24(30)19-10-8-11-20(14-19)26-25(31)22-15-18-9-6-7-12-21(18)32-22/h6-12,14-15H,4-5,13H2,1-3H3,(H,26,31)(H,27,30). The Kier molecular flexibility index (Phi) is 6.07. The van der Waals surface area contributed by atoms with Gasteiger partial charge in [0.25, 0.3) is 11.8 Å². The first-order valence-corrected chi connectivity index (χ1v) is 10.7. The molecule has 2 N–H and O–H groups in total. The lowest BCUT2D eigenvalue weighted by molar-refractivity contribution is 0.0995. The highest BCUT2D eigenvalue weighted by Crippen LogP contribution is 2.23. The third kappa shape index (κ3) is 4.42. The number of aryl methyl sites for hydroxylation is 2. The quantitative estimate of drug-likeness (QED) is 0.402. The molecule has 32 heavy (non-hydrogen) atoms. The number of anilines is 2. The maximum absolute atomic E-state index is 12.9. The van der Waals surface area contributed by atoms with Gasteiger partial charge in [0.1, 0.15) is 5.58 Å². The molecular weight excluding hydrogens is 404 g/mol. The molecule has 4 aromatic rings. The second-order valence-electron chi connectivity index (χ2n) is 7.76. The average molecular weight is 431 g/mol. The molecule has 0 aliphatic carbocycles. The minimum atomic E-state index is -0.373. The predicted molar refractivity (Wildman–Crippen MR) is 125 cm³/mol. The molecule has 0 atom stereocenters. The number of hydrogen-bond donors (Lipinski definition) is 2. The minimum absolute atomic E-state index is 0.215. The Balaban J connectivity index is 1.48. The van der Waals surface area contributed by atoms with Crippen LogP contribution in [-0.2, 0) is 6.54 Å². The summed E-state index contributed by atoms with van der Waals surface area (Å²) >= 11 is 0. The van der Waals surface area contributed by atoms with Gasteiger partial charge in [-0.25, -0.2) is 0 Å². The lowest BCUT2D eigenvalue weighted by Gasteiger charge is -2.09. The maximum atomic E-state index is 12.9. The van der Waals surface area contributed by atoms with Crippen LogP contribution in [0.2, 0.25) is 0 Å². The summed E-state index contributed by atoms with van der Waals surface area (Å²) in [6.07, 6.45) is 2.11. The van der Waals surface area contributed by atoms with E-state index in [9.17, 15) is 9.59 Å². The number of hydrogen-bond acceptors (Lipinski definition) is 4. The number of carbonyl (C=O) groups excluding carboxylic acids is 2. The van der Waals surface area contributed by atoms with E-state index in [2.05, 4.69) is 22.7 Å². The molecule has 0 saturated carbocycles. The van der Waals surface area contributed by atoms with E-state index in [0.29, 0.717) is 16.8 Å². The van der Waals surface area contributed by atoms with Crippen molar-refractivity contribution in [3.05, 3.63) is 77.3 Å². The van der Waals surface area contributed by atoms with Crippen LogP contribution in [0.15, 0.2) is 59.0 Å². The minimum Gasteiger partial charge on any atom is -0.451 e. The van der Waals surface area contributed by atoms with Crippen molar-refractivity contribution in [2.45, 2.75) is 40.2 Å². The molecule has 0 aliphatic rings. The van der Waals surface area contributed by atoms with Gasteiger partial charge in [0.05, 0.1) is 17.1 Å². The molecule has 0 unspecified atom stereocenters. The number of aromatic nitrogens is 2. The van der Waals surface area contributed by atoms with Crippen LogP contribution in [0.3, 0.4) is 0 Å². The van der Waals surface area contributed by atoms with Gasteiger partial charge in [-0.05, 0) is 50.6 Å². The number of carbonyl (C=O) groups is 2. The van der Waals surface area contributed by atoms with Gasteiger partial charge in [-0.3, -0.25) is 14.3 Å². The predicted octanol–water partition coefficient (Wildman–Crippen LogP) is 5.55. The highest BCUT2D eigenvalue weighted by atomic mass is 16.3. The van der Waals surface area contributed by atoms with Gasteiger partial charge in [0.2, 0.25) is 0 Å². The van der Waals surface area contributed by atoms with E-state index in [4.69, 9.17) is 4.42 Å². The second-order valence-corrected chi connectivity index (χ2v) is 7.76. The molecule has 7 heteroatoms. The van der Waals surface area contributed by atoms with Crippen molar-refractivity contribution in [1.82, 2.24) is 9.78 Å². The summed E-state index contributed by atoms with van der Waals surface area (Å²) in [4.78, 5) is 25.5. The van der Waals surface area contributed by atoms with Gasteiger partial charge < -0.3 is 15.1 Å². The summed E-state index contributed by atoms with van der Waals surface area (Å²) < 4.78 is 7.54. The summed E-state index contributed by atoms with van der Waals surface area (Å²) in [5.41, 5.74) is 4.03. The Morgan fingerprint density at radius 2 is 1.81 bits per heavy atom. The first kappa shape index (κ1) is 21.4. The van der Waals surface area contributed by atoms with Crippen molar-refractivity contribution < 1.29 is 14.0 Å². The lowest BCUT2D eigenvalue weighted by atomic mass is 10.1. The van der Waals surface area contributed by atoms with E-state index in [1.807, 2.05) is 42.8 Å². The zero-order valence-electron chi connectivity index (χ0n) is 18.4. The van der Waals surface area contributed by atoms with Gasteiger partial charge in [-0.1, -0.05) is 37.6 Å². The summed E-state index contributed by atoms with van der Waals surface area (Å²) in [6, 6.07) is 15.9. The molecule has 2 aromatic heterocycles. The third-order valence-corrected chi connectivity index (χ3v) is 5.38. The molecule has 4 rings (SSSR count). The maximum Gasteiger partial charge on any atom is 0.291 e. The SMILES string of the molecule is CCCCn1nc(C)c(NC(=O)c2cccc(NC(=O)c3cc4ccccc4o3)c2)c1C. The van der Waals surface area contributed by atoms with E-state index >= 15 is 0 Å². The smallest absolute Gasteiger partial charge is 0.291 e. The van der Waals surface area contributed by atoms with Crippen LogP contribution >= 0.6 is 0 Å². The van der Waals surface area contributed by atoms with Crippen LogP contribution < -0.4 is 10.6 Å².